The van der Waals surface area contributed by atoms with Crippen molar-refractivity contribution in [3.05, 3.63) is 0 Å². The number of morpholine rings is 1. The number of unbranched alkanes of at least 4 members (excludes halogenated alkanes) is 1. The van der Waals surface area contributed by atoms with E-state index < -0.39 is 161 Å². The Hall–Kier alpha value is -6.12. The van der Waals surface area contributed by atoms with Crippen LogP contribution in [0.25, 0.3) is 0 Å². The van der Waals surface area contributed by atoms with E-state index in [2.05, 4.69) is 26.2 Å². The first-order valence-corrected chi connectivity index (χ1v) is 36.7. The highest BCUT2D eigenvalue weighted by atomic mass is 16.5. The number of hydrogen-bond acceptors (Lipinski definition) is 16. The lowest BCUT2D eigenvalue weighted by Gasteiger charge is -2.40. The second kappa shape index (κ2) is 41.1. The Kier molecular flexibility index (Phi) is 36.2. The Balaban J connectivity index is 2.29. The minimum Gasteiger partial charge on any atom is -0.390 e. The van der Waals surface area contributed by atoms with Crippen LogP contribution in [0.4, 0.5) is 0 Å². The molecule has 10 amide bonds. The standard InChI is InChI=1S/C73H129N11O15/c1-23-54-71(95)78(17)50(15)69(93)83(22)63(51(16)99-34-25-24-31-84-32-35-98-36-33-84)59(86)41-53(45(8)9)70(94)79(18)55(37-42(2)3)58(85)40-48(13)65(89)74-49(14)68(92)80(19)56(38-43(4)5)72(96)81(20)57(39-44(6)7)73(97)82(21)62(46(10)11)67(91)77-61(66(90)76-54)64(88)47(12)27-26-28-60(87)75-52-29-30-52/h42-57,61-64,88H,23-41H2,1-22H3,(H,74,89)(H,75,87)(H,76,90)(H,77,91)/t47-,48-,49-,50-,51-,53+,54+,55+,56+,57+,61+,62+,63+,64-/m1/s1. The normalized spacial score (nSPS) is 27.6. The van der Waals surface area contributed by atoms with E-state index in [0.29, 0.717) is 26.1 Å². The summed E-state index contributed by atoms with van der Waals surface area (Å²) >= 11 is 0. The van der Waals surface area contributed by atoms with Gasteiger partial charge in [0.2, 0.25) is 59.1 Å². The number of hydrogen-bond donors (Lipinski definition) is 5. The van der Waals surface area contributed by atoms with Gasteiger partial charge in [-0.05, 0) is 127 Å². The van der Waals surface area contributed by atoms with Gasteiger partial charge in [-0.25, -0.2) is 0 Å². The number of Topliss-reactive ketones (excluding diaryl/α,β-unsaturated/α-hetero) is 2. The van der Waals surface area contributed by atoms with Gasteiger partial charge < -0.3 is 65.2 Å². The molecule has 99 heavy (non-hydrogen) atoms. The molecule has 0 unspecified atom stereocenters. The zero-order chi connectivity index (χ0) is 75.2. The summed E-state index contributed by atoms with van der Waals surface area (Å²) in [6.45, 7) is 31.7. The molecule has 2 saturated heterocycles. The lowest BCUT2D eigenvalue weighted by Crippen LogP contribution is -2.63. The minimum absolute atomic E-state index is 0.0291. The van der Waals surface area contributed by atoms with Crippen molar-refractivity contribution in [1.29, 1.82) is 0 Å². The van der Waals surface area contributed by atoms with Gasteiger partial charge in [0, 0.05) is 99.1 Å². The summed E-state index contributed by atoms with van der Waals surface area (Å²) in [5, 5.41) is 23.5. The van der Waals surface area contributed by atoms with Crippen molar-refractivity contribution in [2.24, 2.45) is 47.3 Å². The fourth-order valence-corrected chi connectivity index (χ4v) is 13.4. The van der Waals surface area contributed by atoms with E-state index in [-0.39, 0.29) is 87.7 Å². The fraction of sp³-hybridized carbons (Fsp3) is 0.836. The monoisotopic (exact) mass is 1400 g/mol. The Labute approximate surface area is 591 Å². The van der Waals surface area contributed by atoms with Crippen LogP contribution in [0.3, 0.4) is 0 Å². The number of aliphatic hydroxyl groups is 1. The number of carbonyl (C=O) groups excluding carboxylic acids is 12. The number of likely N-dealkylation sites (N-methyl/N-ethyl adjacent to an activating group) is 6. The average Bonchev–Trinajstić information content (AvgIpc) is 1.81. The second-order valence-electron chi connectivity index (χ2n) is 30.7. The third kappa shape index (κ3) is 26.0. The quantitative estimate of drug-likeness (QED) is 0.0883. The second-order valence-corrected chi connectivity index (χ2v) is 30.7. The Morgan fingerprint density at radius 3 is 1.62 bits per heavy atom. The van der Waals surface area contributed by atoms with Gasteiger partial charge in [-0.2, -0.15) is 0 Å². The van der Waals surface area contributed by atoms with Gasteiger partial charge in [0.1, 0.15) is 48.3 Å². The topological polar surface area (TPSA) is 314 Å². The number of aliphatic hydroxyl groups excluding tert-OH is 1. The van der Waals surface area contributed by atoms with Crippen LogP contribution in [0.1, 0.15) is 194 Å². The zero-order valence-corrected chi connectivity index (χ0v) is 64.3. The van der Waals surface area contributed by atoms with Gasteiger partial charge in [0.15, 0.2) is 11.6 Å². The summed E-state index contributed by atoms with van der Waals surface area (Å²) < 4.78 is 11.9. The van der Waals surface area contributed by atoms with Gasteiger partial charge in [-0.15, -0.1) is 0 Å². The fourth-order valence-electron chi connectivity index (χ4n) is 13.4. The summed E-state index contributed by atoms with van der Waals surface area (Å²) in [7, 11) is 8.65. The predicted octanol–water partition coefficient (Wildman–Crippen LogP) is 4.45. The molecule has 3 fully saturated rings. The molecule has 0 bridgehead atoms. The average molecular weight is 1400 g/mol. The van der Waals surface area contributed by atoms with E-state index in [1.165, 1.54) is 80.6 Å². The molecule has 0 aromatic heterocycles. The Morgan fingerprint density at radius 2 is 1.09 bits per heavy atom. The Morgan fingerprint density at radius 1 is 0.566 bits per heavy atom. The molecule has 566 valence electrons. The summed E-state index contributed by atoms with van der Waals surface area (Å²) in [5.74, 6) is -11.5. The molecule has 2 aliphatic heterocycles. The first-order chi connectivity index (χ1) is 46.2. The van der Waals surface area contributed by atoms with Crippen LogP contribution in [-0.2, 0) is 67.0 Å². The highest BCUT2D eigenvalue weighted by Crippen LogP contribution is 2.28. The third-order valence-corrected chi connectivity index (χ3v) is 20.1. The van der Waals surface area contributed by atoms with Crippen LogP contribution >= 0.6 is 0 Å². The van der Waals surface area contributed by atoms with Crippen LogP contribution < -0.4 is 21.3 Å². The summed E-state index contributed by atoms with van der Waals surface area (Å²) in [6.07, 6.45) is 1.15. The van der Waals surface area contributed by atoms with Crippen LogP contribution in [0, 0.1) is 47.3 Å². The van der Waals surface area contributed by atoms with E-state index in [1.54, 1.807) is 55.4 Å². The Bertz CT molecular complexity index is 2700. The first kappa shape index (κ1) is 87.1. The first-order valence-electron chi connectivity index (χ1n) is 36.7. The molecule has 26 heteroatoms. The van der Waals surface area contributed by atoms with E-state index in [4.69, 9.17) is 9.47 Å². The number of nitrogens with zero attached hydrogens (tertiary/aromatic N) is 7. The van der Waals surface area contributed by atoms with Crippen molar-refractivity contribution in [3.8, 4) is 0 Å². The molecule has 3 rings (SSSR count). The van der Waals surface area contributed by atoms with Gasteiger partial charge in [-0.3, -0.25) is 62.4 Å². The largest absolute Gasteiger partial charge is 0.390 e. The molecule has 1 aliphatic carbocycles. The van der Waals surface area contributed by atoms with Crippen LogP contribution in [0.15, 0.2) is 0 Å². The van der Waals surface area contributed by atoms with Crippen molar-refractivity contribution in [3.63, 3.8) is 0 Å². The van der Waals surface area contributed by atoms with Crippen LogP contribution in [0.5, 0.6) is 0 Å². The van der Waals surface area contributed by atoms with E-state index in [1.807, 2.05) is 41.5 Å². The number of amides is 10. The SMILES string of the molecule is CC[C@@H]1NC(=O)[C@H]([C@H](O)[C@H](C)CCCC(=O)NC2CC2)NC(=O)[C@H](C(C)C)N(C)C(=O)[C@H](CC(C)C)N(C)C(=O)[C@H](CC(C)C)N(C)C(=O)[C@@H](C)NC(=O)[C@H](C)CC(=O)[C@H](CC(C)C)N(C)C(=O)[C@H](C(C)C)CC(=O)[C@H]([C@@H](C)OCCCCN2CCOCC2)N(C)C(=O)[C@@H](C)N(C)C1=O. The van der Waals surface area contributed by atoms with E-state index in [0.717, 1.165) is 43.8 Å². The van der Waals surface area contributed by atoms with Gasteiger partial charge >= 0.3 is 0 Å². The molecular weight excluding hydrogens is 1270 g/mol. The van der Waals surface area contributed by atoms with Crippen molar-refractivity contribution in [2.75, 3.05) is 81.7 Å². The molecule has 5 N–H and O–H groups in total. The van der Waals surface area contributed by atoms with Gasteiger partial charge in [0.25, 0.3) is 0 Å². The molecule has 0 aromatic rings. The lowest BCUT2D eigenvalue weighted by atomic mass is 9.85. The van der Waals surface area contributed by atoms with Crippen molar-refractivity contribution < 1.29 is 72.1 Å². The molecule has 26 nitrogen and oxygen atoms in total. The smallest absolute Gasteiger partial charge is 0.245 e. The number of carbonyl (C=O) groups is 12. The third-order valence-electron chi connectivity index (χ3n) is 20.1. The van der Waals surface area contributed by atoms with Gasteiger partial charge in [-0.1, -0.05) is 90.0 Å². The number of nitrogens with one attached hydrogen (secondary N) is 4. The minimum atomic E-state index is -1.75. The molecule has 3 aliphatic rings. The number of ketones is 2. The van der Waals surface area contributed by atoms with Crippen LogP contribution in [0.2, 0.25) is 0 Å². The van der Waals surface area contributed by atoms with E-state index >= 15 is 33.6 Å². The maximum atomic E-state index is 15.2. The summed E-state index contributed by atoms with van der Waals surface area (Å²) in [5.41, 5.74) is 0. The van der Waals surface area contributed by atoms with Crippen molar-refractivity contribution in [2.45, 2.75) is 267 Å². The summed E-state index contributed by atoms with van der Waals surface area (Å²) in [4.78, 5) is 186. The summed E-state index contributed by atoms with van der Waals surface area (Å²) in [6, 6.07) is -11.4. The van der Waals surface area contributed by atoms with Crippen LogP contribution in [-0.4, -0.2) is 264 Å². The van der Waals surface area contributed by atoms with E-state index in [9.17, 15) is 29.1 Å². The predicted molar refractivity (Wildman–Crippen MR) is 379 cm³/mol. The number of rotatable bonds is 23. The van der Waals surface area contributed by atoms with Crippen molar-refractivity contribution >= 4 is 70.6 Å². The number of ether oxygens (including phenoxy) is 2. The molecule has 1 saturated carbocycles. The lowest BCUT2D eigenvalue weighted by molar-refractivity contribution is -0.154. The highest BCUT2D eigenvalue weighted by Gasteiger charge is 2.45. The maximum absolute atomic E-state index is 15.2. The molecule has 2 heterocycles. The molecule has 0 aromatic carbocycles. The molecule has 14 atom stereocenters. The maximum Gasteiger partial charge on any atom is 0.245 e. The van der Waals surface area contributed by atoms with Crippen molar-refractivity contribution in [1.82, 2.24) is 55.6 Å². The molecular formula is C73H129N11O15. The highest BCUT2D eigenvalue weighted by molar-refractivity contribution is 6.00. The molecule has 0 spiro atoms. The molecule has 0 radical (unpaired) electrons. The van der Waals surface area contributed by atoms with Gasteiger partial charge in [0.05, 0.1) is 31.5 Å². The zero-order valence-electron chi connectivity index (χ0n) is 64.3.